The van der Waals surface area contributed by atoms with Gasteiger partial charge in [-0.1, -0.05) is 42.0 Å². The molecule has 4 rings (SSSR count). The summed E-state index contributed by atoms with van der Waals surface area (Å²) in [6, 6.07) is 14.6. The minimum atomic E-state index is -3.93. The van der Waals surface area contributed by atoms with Gasteiger partial charge in [0.1, 0.15) is 6.54 Å². The summed E-state index contributed by atoms with van der Waals surface area (Å²) in [5, 5.41) is 5.89. The van der Waals surface area contributed by atoms with Crippen LogP contribution in [-0.4, -0.2) is 39.5 Å². The van der Waals surface area contributed by atoms with E-state index in [2.05, 4.69) is 10.6 Å². The summed E-state index contributed by atoms with van der Waals surface area (Å²) >= 11 is 0. The van der Waals surface area contributed by atoms with Gasteiger partial charge in [-0.15, -0.1) is 0 Å². The number of ether oxygens (including phenoxy) is 1. The zero-order valence-corrected chi connectivity index (χ0v) is 18.7. The number of rotatable bonds is 5. The minimum absolute atomic E-state index is 0.115. The maximum atomic E-state index is 12.9. The fourth-order valence-electron chi connectivity index (χ4n) is 3.71. The molecule has 33 heavy (non-hydrogen) atoms. The average Bonchev–Trinajstić information content (AvgIpc) is 2.97. The van der Waals surface area contributed by atoms with Gasteiger partial charge < -0.3 is 10.1 Å². The Bertz CT molecular complexity index is 1400. The van der Waals surface area contributed by atoms with E-state index in [-0.39, 0.29) is 4.90 Å². The first-order valence-electron chi connectivity index (χ1n) is 10.0. The topological polar surface area (TPSA) is 122 Å². The number of hydrogen-bond donors (Lipinski definition) is 2. The quantitative estimate of drug-likeness (QED) is 0.557. The van der Waals surface area contributed by atoms with Gasteiger partial charge in [-0.05, 0) is 43.0 Å². The minimum Gasteiger partial charge on any atom is -0.454 e. The van der Waals surface area contributed by atoms with Gasteiger partial charge >= 0.3 is 12.0 Å². The predicted molar refractivity (Wildman–Crippen MR) is 123 cm³/mol. The monoisotopic (exact) mass is 467 g/mol. The van der Waals surface area contributed by atoms with Gasteiger partial charge in [0.05, 0.1) is 10.6 Å². The molecule has 3 aromatic carbocycles. The first-order valence-corrected chi connectivity index (χ1v) is 11.5. The number of carbonyl (C=O) groups is 3. The van der Waals surface area contributed by atoms with E-state index < -0.39 is 41.1 Å². The lowest BCUT2D eigenvalue weighted by molar-refractivity contribution is -0.146. The second-order valence-electron chi connectivity index (χ2n) is 7.62. The first-order chi connectivity index (χ1) is 15.7. The number of sulfonamides is 1. The molecule has 3 amide bonds. The summed E-state index contributed by atoms with van der Waals surface area (Å²) in [6.45, 7) is 2.40. The molecule has 2 N–H and O–H groups in total. The molecule has 0 fully saturated rings. The van der Waals surface area contributed by atoms with Crippen LogP contribution in [0, 0.1) is 13.8 Å². The lowest BCUT2D eigenvalue weighted by Gasteiger charge is -2.17. The molecule has 1 aliphatic heterocycles. The Kier molecular flexibility index (Phi) is 5.77. The molecule has 1 heterocycles. The molecule has 0 spiro atoms. The number of imide groups is 1. The number of carbonyl (C=O) groups excluding carboxylic acids is 3. The number of amides is 3. The fourth-order valence-corrected chi connectivity index (χ4v) is 5.36. The van der Waals surface area contributed by atoms with Crippen LogP contribution in [0.15, 0.2) is 59.5 Å². The van der Waals surface area contributed by atoms with Crippen molar-refractivity contribution in [2.24, 2.45) is 0 Å². The molecular formula is C23H21N3O6S. The molecule has 0 saturated carbocycles. The summed E-state index contributed by atoms with van der Waals surface area (Å²) in [5.41, 5.74) is 2.76. The SMILES string of the molecule is Cc1ccc(NC(=O)NC(=O)COC(=O)CN2c3cccc4cccc(c34)S2(=O)=O)c(C)c1. The van der Waals surface area contributed by atoms with Crippen LogP contribution < -0.4 is 14.9 Å². The highest BCUT2D eigenvalue weighted by atomic mass is 32.2. The maximum absolute atomic E-state index is 12.9. The Morgan fingerprint density at radius 3 is 2.45 bits per heavy atom. The lowest BCUT2D eigenvalue weighted by Crippen LogP contribution is -2.39. The summed E-state index contributed by atoms with van der Waals surface area (Å²) in [6.07, 6.45) is 0. The van der Waals surface area contributed by atoms with Crippen molar-refractivity contribution >= 4 is 50.1 Å². The van der Waals surface area contributed by atoms with Gasteiger partial charge in [0.2, 0.25) is 0 Å². The number of hydrogen-bond acceptors (Lipinski definition) is 6. The number of aryl methyl sites for hydroxylation is 2. The number of nitrogens with one attached hydrogen (secondary N) is 2. The van der Waals surface area contributed by atoms with Gasteiger partial charge in [-0.25, -0.2) is 13.2 Å². The molecule has 3 aromatic rings. The highest BCUT2D eigenvalue weighted by Crippen LogP contribution is 2.41. The molecule has 1 aliphatic rings. The normalized spacial score (nSPS) is 13.6. The summed E-state index contributed by atoms with van der Waals surface area (Å²) < 4.78 is 31.6. The van der Waals surface area contributed by atoms with E-state index in [0.29, 0.717) is 16.8 Å². The second kappa shape index (κ2) is 8.55. The van der Waals surface area contributed by atoms with Crippen molar-refractivity contribution in [2.75, 3.05) is 22.8 Å². The van der Waals surface area contributed by atoms with Crippen molar-refractivity contribution in [3.63, 3.8) is 0 Å². The van der Waals surface area contributed by atoms with Crippen molar-refractivity contribution in [3.05, 3.63) is 65.7 Å². The van der Waals surface area contributed by atoms with Crippen LogP contribution in [0.4, 0.5) is 16.2 Å². The first kappa shape index (κ1) is 22.3. The third-order valence-electron chi connectivity index (χ3n) is 5.20. The summed E-state index contributed by atoms with van der Waals surface area (Å²) in [7, 11) is -3.93. The zero-order valence-electron chi connectivity index (χ0n) is 17.9. The third-order valence-corrected chi connectivity index (χ3v) is 7.00. The van der Waals surface area contributed by atoms with Gasteiger partial charge in [0.15, 0.2) is 6.61 Å². The molecule has 0 aromatic heterocycles. The lowest BCUT2D eigenvalue weighted by atomic mass is 10.1. The third kappa shape index (κ3) is 4.37. The van der Waals surface area contributed by atoms with Crippen molar-refractivity contribution in [1.29, 1.82) is 0 Å². The molecule has 0 bridgehead atoms. The van der Waals surface area contributed by atoms with E-state index in [9.17, 15) is 22.8 Å². The van der Waals surface area contributed by atoms with Crippen LogP contribution in [0.5, 0.6) is 0 Å². The Morgan fingerprint density at radius 2 is 1.73 bits per heavy atom. The van der Waals surface area contributed by atoms with Gasteiger partial charge in [0.25, 0.3) is 15.9 Å². The molecule has 9 nitrogen and oxygen atoms in total. The number of benzene rings is 3. The van der Waals surface area contributed by atoms with Crippen LogP contribution >= 0.6 is 0 Å². The largest absolute Gasteiger partial charge is 0.454 e. The Morgan fingerprint density at radius 1 is 1.00 bits per heavy atom. The zero-order chi connectivity index (χ0) is 23.8. The van der Waals surface area contributed by atoms with E-state index in [1.807, 2.05) is 26.0 Å². The van der Waals surface area contributed by atoms with Crippen LogP contribution in [0.2, 0.25) is 0 Å². The highest BCUT2D eigenvalue weighted by Gasteiger charge is 2.37. The molecule has 0 unspecified atom stereocenters. The van der Waals surface area contributed by atoms with E-state index in [1.165, 1.54) is 6.07 Å². The number of urea groups is 1. The molecule has 0 radical (unpaired) electrons. The Hall–Kier alpha value is -3.92. The van der Waals surface area contributed by atoms with Gasteiger partial charge in [-0.2, -0.15) is 0 Å². The Balaban J connectivity index is 1.35. The van der Waals surface area contributed by atoms with Crippen LogP contribution in [0.1, 0.15) is 11.1 Å². The predicted octanol–water partition coefficient (Wildman–Crippen LogP) is 2.86. The number of anilines is 2. The molecule has 0 saturated heterocycles. The van der Waals surface area contributed by atoms with E-state index in [4.69, 9.17) is 4.74 Å². The van der Waals surface area contributed by atoms with Crippen molar-refractivity contribution < 1.29 is 27.5 Å². The van der Waals surface area contributed by atoms with Crippen molar-refractivity contribution in [2.45, 2.75) is 18.7 Å². The highest BCUT2D eigenvalue weighted by molar-refractivity contribution is 7.93. The number of esters is 1. The molecule has 0 aliphatic carbocycles. The molecule has 0 atom stereocenters. The van der Waals surface area contributed by atoms with Gasteiger partial charge in [0, 0.05) is 11.1 Å². The van der Waals surface area contributed by atoms with E-state index in [1.54, 1.807) is 36.4 Å². The number of nitrogens with zero attached hydrogens (tertiary/aromatic N) is 1. The summed E-state index contributed by atoms with van der Waals surface area (Å²) in [4.78, 5) is 36.5. The van der Waals surface area contributed by atoms with Crippen LogP contribution in [-0.2, 0) is 24.3 Å². The Labute approximate surface area is 190 Å². The average molecular weight is 468 g/mol. The smallest absolute Gasteiger partial charge is 0.327 e. The standard InChI is InChI=1S/C23H21N3O6S/c1-14-9-10-17(15(2)11-14)24-23(29)25-20(27)13-32-21(28)12-26-18-7-3-5-16-6-4-8-19(22(16)18)33(26,30)31/h3-11H,12-13H2,1-2H3,(H2,24,25,27,29). The van der Waals surface area contributed by atoms with E-state index >= 15 is 0 Å². The molecule has 170 valence electrons. The second-order valence-corrected chi connectivity index (χ2v) is 9.46. The van der Waals surface area contributed by atoms with Crippen molar-refractivity contribution in [3.8, 4) is 0 Å². The van der Waals surface area contributed by atoms with Crippen LogP contribution in [0.25, 0.3) is 10.8 Å². The summed E-state index contributed by atoms with van der Waals surface area (Å²) in [5.74, 6) is -1.77. The molecule has 10 heteroatoms. The molecular weight excluding hydrogens is 446 g/mol. The van der Waals surface area contributed by atoms with Gasteiger partial charge in [-0.3, -0.25) is 19.2 Å². The van der Waals surface area contributed by atoms with Crippen LogP contribution in [0.3, 0.4) is 0 Å². The van der Waals surface area contributed by atoms with E-state index in [0.717, 1.165) is 20.8 Å². The fraction of sp³-hybridized carbons (Fsp3) is 0.174. The maximum Gasteiger partial charge on any atom is 0.327 e. The van der Waals surface area contributed by atoms with Crippen molar-refractivity contribution in [1.82, 2.24) is 5.32 Å².